The molecule has 1 spiro atoms. The standard InChI is InChI=1S/C19H27F3N4O3S/c1-12-16(13(2)24-17(23-12)19(20,21)22)30(27,28)26-10-18(11-26)8-25(9-18)14(3)15-4-6-29-7-5-15/h14-15H,4-11H2,1-3H3. The second-order valence-electron chi connectivity index (χ2n) is 8.91. The molecule has 3 saturated heterocycles. The Kier molecular flexibility index (Phi) is 5.40. The van der Waals surface area contributed by atoms with Crippen molar-refractivity contribution in [2.75, 3.05) is 39.4 Å². The molecule has 1 unspecified atom stereocenters. The molecule has 0 aromatic carbocycles. The van der Waals surface area contributed by atoms with E-state index in [4.69, 9.17) is 4.74 Å². The summed E-state index contributed by atoms with van der Waals surface area (Å²) in [6.07, 6.45) is -2.61. The van der Waals surface area contributed by atoms with Crippen LogP contribution in [0.15, 0.2) is 4.90 Å². The molecular weight excluding hydrogens is 421 g/mol. The molecule has 0 aliphatic carbocycles. The Morgan fingerprint density at radius 1 is 1.07 bits per heavy atom. The summed E-state index contributed by atoms with van der Waals surface area (Å²) in [6.45, 7) is 8.85. The molecule has 0 N–H and O–H groups in total. The number of sulfonamides is 1. The van der Waals surface area contributed by atoms with Crippen LogP contribution in [0.2, 0.25) is 0 Å². The van der Waals surface area contributed by atoms with Crippen LogP contribution in [0.1, 0.15) is 37.0 Å². The summed E-state index contributed by atoms with van der Waals surface area (Å²) in [5, 5.41) is 0. The summed E-state index contributed by atoms with van der Waals surface area (Å²) in [5.41, 5.74) is -0.389. The second-order valence-corrected chi connectivity index (χ2v) is 10.8. The van der Waals surface area contributed by atoms with Gasteiger partial charge >= 0.3 is 6.18 Å². The molecule has 11 heteroatoms. The van der Waals surface area contributed by atoms with Crippen molar-refractivity contribution in [3.8, 4) is 0 Å². The van der Waals surface area contributed by atoms with Gasteiger partial charge in [-0.1, -0.05) is 0 Å². The van der Waals surface area contributed by atoms with Crippen molar-refractivity contribution >= 4 is 10.0 Å². The zero-order valence-electron chi connectivity index (χ0n) is 17.4. The first kappa shape index (κ1) is 21.9. The van der Waals surface area contributed by atoms with E-state index < -0.39 is 22.0 Å². The van der Waals surface area contributed by atoms with Crippen molar-refractivity contribution < 1.29 is 26.3 Å². The van der Waals surface area contributed by atoms with E-state index in [9.17, 15) is 21.6 Å². The van der Waals surface area contributed by atoms with Crippen LogP contribution in [0, 0.1) is 25.2 Å². The smallest absolute Gasteiger partial charge is 0.381 e. The van der Waals surface area contributed by atoms with E-state index in [1.807, 2.05) is 0 Å². The molecule has 1 atom stereocenters. The first-order chi connectivity index (χ1) is 13.9. The van der Waals surface area contributed by atoms with Crippen LogP contribution >= 0.6 is 0 Å². The molecule has 30 heavy (non-hydrogen) atoms. The van der Waals surface area contributed by atoms with E-state index in [1.165, 1.54) is 18.2 Å². The van der Waals surface area contributed by atoms with Gasteiger partial charge in [0.15, 0.2) is 0 Å². The van der Waals surface area contributed by atoms with Gasteiger partial charge in [0.1, 0.15) is 4.90 Å². The number of ether oxygens (including phenoxy) is 1. The van der Waals surface area contributed by atoms with E-state index in [0.717, 1.165) is 39.1 Å². The van der Waals surface area contributed by atoms with Crippen LogP contribution in [0.5, 0.6) is 0 Å². The van der Waals surface area contributed by atoms with Crippen molar-refractivity contribution in [1.82, 2.24) is 19.2 Å². The highest BCUT2D eigenvalue weighted by molar-refractivity contribution is 7.89. The summed E-state index contributed by atoms with van der Waals surface area (Å²) in [7, 11) is -3.93. The number of alkyl halides is 3. The fourth-order valence-electron chi connectivity index (χ4n) is 5.01. The van der Waals surface area contributed by atoms with Gasteiger partial charge in [0, 0.05) is 50.8 Å². The Morgan fingerprint density at radius 3 is 2.10 bits per heavy atom. The molecule has 3 aliphatic heterocycles. The number of likely N-dealkylation sites (tertiary alicyclic amines) is 1. The van der Waals surface area contributed by atoms with E-state index in [2.05, 4.69) is 21.8 Å². The predicted octanol–water partition coefficient (Wildman–Crippen LogP) is 2.23. The monoisotopic (exact) mass is 448 g/mol. The average molecular weight is 449 g/mol. The molecule has 0 saturated carbocycles. The van der Waals surface area contributed by atoms with Gasteiger partial charge in [0.25, 0.3) is 0 Å². The Morgan fingerprint density at radius 2 is 1.60 bits per heavy atom. The van der Waals surface area contributed by atoms with Gasteiger partial charge in [-0.05, 0) is 39.5 Å². The van der Waals surface area contributed by atoms with Crippen LogP contribution in [-0.4, -0.2) is 73.0 Å². The summed E-state index contributed by atoms with van der Waals surface area (Å²) < 4.78 is 71.6. The molecule has 3 aliphatic rings. The molecule has 4 heterocycles. The zero-order valence-corrected chi connectivity index (χ0v) is 18.2. The molecule has 168 valence electrons. The minimum Gasteiger partial charge on any atom is -0.381 e. The lowest BCUT2D eigenvalue weighted by Gasteiger charge is -2.61. The summed E-state index contributed by atoms with van der Waals surface area (Å²) >= 11 is 0. The van der Waals surface area contributed by atoms with Crippen LogP contribution in [0.4, 0.5) is 13.2 Å². The highest BCUT2D eigenvalue weighted by Gasteiger charge is 2.56. The molecule has 1 aromatic heterocycles. The van der Waals surface area contributed by atoms with E-state index in [0.29, 0.717) is 25.0 Å². The number of aromatic nitrogens is 2. The largest absolute Gasteiger partial charge is 0.451 e. The molecule has 3 fully saturated rings. The maximum atomic E-state index is 13.0. The third-order valence-corrected chi connectivity index (χ3v) is 8.73. The predicted molar refractivity (Wildman–Crippen MR) is 102 cm³/mol. The molecule has 4 rings (SSSR count). The highest BCUT2D eigenvalue weighted by atomic mass is 32.2. The first-order valence-corrected chi connectivity index (χ1v) is 11.6. The van der Waals surface area contributed by atoms with Gasteiger partial charge < -0.3 is 4.74 Å². The average Bonchev–Trinajstić information content (AvgIpc) is 2.58. The molecule has 7 nitrogen and oxygen atoms in total. The molecule has 0 radical (unpaired) electrons. The van der Waals surface area contributed by atoms with Crippen molar-refractivity contribution in [1.29, 1.82) is 0 Å². The number of aryl methyl sites for hydroxylation is 2. The van der Waals surface area contributed by atoms with Gasteiger partial charge in [-0.3, -0.25) is 4.90 Å². The molecule has 1 aromatic rings. The topological polar surface area (TPSA) is 75.6 Å². The quantitative estimate of drug-likeness (QED) is 0.703. The summed E-state index contributed by atoms with van der Waals surface area (Å²) in [5.74, 6) is -0.709. The minimum absolute atomic E-state index is 0.0545. The van der Waals surface area contributed by atoms with Gasteiger partial charge in [-0.2, -0.15) is 17.5 Å². The van der Waals surface area contributed by atoms with Crippen LogP contribution in [0.25, 0.3) is 0 Å². The number of hydrogen-bond acceptors (Lipinski definition) is 6. The normalized spacial score (nSPS) is 24.5. The number of nitrogens with zero attached hydrogens (tertiary/aromatic N) is 4. The second kappa shape index (κ2) is 7.39. The lowest BCUT2D eigenvalue weighted by molar-refractivity contribution is -0.145. The van der Waals surface area contributed by atoms with Crippen LogP contribution < -0.4 is 0 Å². The van der Waals surface area contributed by atoms with Crippen LogP contribution in [0.3, 0.4) is 0 Å². The Hall–Kier alpha value is -1.30. The molecular formula is C19H27F3N4O3S. The maximum Gasteiger partial charge on any atom is 0.451 e. The molecule has 0 amide bonds. The zero-order chi connectivity index (χ0) is 21.9. The van der Waals surface area contributed by atoms with Crippen molar-refractivity contribution in [3.63, 3.8) is 0 Å². The third kappa shape index (κ3) is 3.74. The Labute approximate surface area is 174 Å². The fourth-order valence-corrected chi connectivity index (χ4v) is 6.99. The van der Waals surface area contributed by atoms with E-state index in [-0.39, 0.29) is 21.7 Å². The van der Waals surface area contributed by atoms with Crippen molar-refractivity contribution in [2.45, 2.75) is 50.7 Å². The van der Waals surface area contributed by atoms with Crippen LogP contribution in [-0.2, 0) is 20.9 Å². The number of hydrogen-bond donors (Lipinski definition) is 0. The van der Waals surface area contributed by atoms with Crippen molar-refractivity contribution in [2.24, 2.45) is 11.3 Å². The maximum absolute atomic E-state index is 13.0. The van der Waals surface area contributed by atoms with E-state index in [1.54, 1.807) is 0 Å². The fraction of sp³-hybridized carbons (Fsp3) is 0.789. The lowest BCUT2D eigenvalue weighted by atomic mass is 9.72. The van der Waals surface area contributed by atoms with E-state index >= 15 is 0 Å². The minimum atomic E-state index is -4.71. The third-order valence-electron chi connectivity index (χ3n) is 6.68. The van der Waals surface area contributed by atoms with Gasteiger partial charge in [-0.15, -0.1) is 0 Å². The van der Waals surface area contributed by atoms with Gasteiger partial charge in [0.05, 0.1) is 11.4 Å². The van der Waals surface area contributed by atoms with Gasteiger partial charge in [-0.25, -0.2) is 18.4 Å². The summed E-state index contributed by atoms with van der Waals surface area (Å²) in [6, 6.07) is 0.443. The lowest BCUT2D eigenvalue weighted by Crippen LogP contribution is -2.74. The van der Waals surface area contributed by atoms with Gasteiger partial charge in [0.2, 0.25) is 15.8 Å². The Balaban J connectivity index is 1.41. The van der Waals surface area contributed by atoms with Crippen molar-refractivity contribution in [3.05, 3.63) is 17.2 Å². The number of rotatable bonds is 4. The first-order valence-electron chi connectivity index (χ1n) is 10.2. The molecule has 0 bridgehead atoms. The highest BCUT2D eigenvalue weighted by Crippen LogP contribution is 2.45. The SMILES string of the molecule is Cc1nc(C(F)(F)F)nc(C)c1S(=O)(=O)N1CC2(CN(C(C)C3CCOCC3)C2)C1. The Bertz CT molecular complexity index is 894. The number of halogens is 3. The summed E-state index contributed by atoms with van der Waals surface area (Å²) in [4.78, 5) is 9.01.